The summed E-state index contributed by atoms with van der Waals surface area (Å²) in [5, 5.41) is 4.16. The van der Waals surface area contributed by atoms with E-state index in [1.165, 1.54) is 37.9 Å². The lowest BCUT2D eigenvalue weighted by molar-refractivity contribution is 0.333. The second-order valence-corrected chi connectivity index (χ2v) is 6.10. The van der Waals surface area contributed by atoms with Crippen molar-refractivity contribution in [2.75, 3.05) is 18.5 Å². The lowest BCUT2D eigenvalue weighted by Crippen LogP contribution is -2.44. The van der Waals surface area contributed by atoms with E-state index in [-0.39, 0.29) is 0 Å². The molecule has 3 heteroatoms. The maximum absolute atomic E-state index is 5.98. The Morgan fingerprint density at radius 2 is 1.78 bits per heavy atom. The number of nitrogens with one attached hydrogen (secondary N) is 1. The Morgan fingerprint density at radius 3 is 2.33 bits per heavy atom. The fourth-order valence-corrected chi connectivity index (χ4v) is 3.91. The van der Waals surface area contributed by atoms with Gasteiger partial charge in [-0.15, -0.1) is 0 Å². The van der Waals surface area contributed by atoms with Crippen LogP contribution in [0.25, 0.3) is 0 Å². The van der Waals surface area contributed by atoms with Gasteiger partial charge >= 0.3 is 0 Å². The Hall–Kier alpha value is -0.730. The smallest absolute Gasteiger partial charge is 0.0407 e. The van der Waals surface area contributed by atoms with Crippen molar-refractivity contribution in [1.29, 1.82) is 0 Å². The van der Waals surface area contributed by atoms with Gasteiger partial charge in [-0.05, 0) is 69.5 Å². The molecule has 1 N–H and O–H groups in total. The van der Waals surface area contributed by atoms with Gasteiger partial charge in [0.05, 0.1) is 0 Å². The maximum Gasteiger partial charge on any atom is 0.0407 e. The van der Waals surface area contributed by atoms with Crippen LogP contribution >= 0.6 is 11.6 Å². The second kappa shape index (κ2) is 5.10. The van der Waals surface area contributed by atoms with Crippen molar-refractivity contribution < 1.29 is 0 Å². The number of anilines is 1. The van der Waals surface area contributed by atoms with Crippen molar-refractivity contribution in [3.8, 4) is 0 Å². The van der Waals surface area contributed by atoms with Crippen molar-refractivity contribution in [2.24, 2.45) is 5.92 Å². The van der Waals surface area contributed by atoms with Gasteiger partial charge in [-0.3, -0.25) is 0 Å². The van der Waals surface area contributed by atoms with Crippen LogP contribution in [0.5, 0.6) is 0 Å². The third kappa shape index (κ3) is 2.24. The van der Waals surface area contributed by atoms with Gasteiger partial charge in [-0.25, -0.2) is 0 Å². The van der Waals surface area contributed by atoms with E-state index < -0.39 is 0 Å². The predicted octanol–water partition coefficient (Wildman–Crippen LogP) is 3.31. The number of benzene rings is 1. The zero-order chi connectivity index (χ0) is 12.5. The predicted molar refractivity (Wildman–Crippen MR) is 77.4 cm³/mol. The van der Waals surface area contributed by atoms with E-state index in [1.807, 2.05) is 12.1 Å². The highest BCUT2D eigenvalue weighted by atomic mass is 35.5. The molecule has 0 saturated carbocycles. The fraction of sp³-hybridized carbons (Fsp3) is 0.600. The Kier molecular flexibility index (Phi) is 3.49. The summed E-state index contributed by atoms with van der Waals surface area (Å²) in [7, 11) is 2.06. The lowest BCUT2D eigenvalue weighted by Gasteiger charge is -2.40. The van der Waals surface area contributed by atoms with Gasteiger partial charge in [0, 0.05) is 22.8 Å². The number of halogens is 1. The van der Waals surface area contributed by atoms with E-state index in [2.05, 4.69) is 29.4 Å². The maximum atomic E-state index is 5.98. The summed E-state index contributed by atoms with van der Waals surface area (Å²) in [5.74, 6) is 0.857. The molecule has 18 heavy (non-hydrogen) atoms. The van der Waals surface area contributed by atoms with Crippen LogP contribution in [0, 0.1) is 5.92 Å². The highest BCUT2D eigenvalue weighted by Crippen LogP contribution is 2.41. The van der Waals surface area contributed by atoms with Gasteiger partial charge < -0.3 is 10.2 Å². The molecule has 0 spiro atoms. The Labute approximate surface area is 114 Å². The summed E-state index contributed by atoms with van der Waals surface area (Å²) in [6.45, 7) is 1.17. The first-order chi connectivity index (χ1) is 8.78. The van der Waals surface area contributed by atoms with E-state index in [4.69, 9.17) is 11.6 Å². The zero-order valence-corrected chi connectivity index (χ0v) is 11.7. The van der Waals surface area contributed by atoms with Crippen molar-refractivity contribution >= 4 is 17.3 Å². The summed E-state index contributed by atoms with van der Waals surface area (Å²) in [5.41, 5.74) is 1.36. The lowest BCUT2D eigenvalue weighted by atomic mass is 9.90. The summed E-state index contributed by atoms with van der Waals surface area (Å²) in [6, 6.07) is 9.84. The standard InChI is InChI=1S/C15H21ClN2/c1-17-10-11-8-14-6-7-15(9-11)18(14)13-4-2-12(16)3-5-13/h2-5,11,14-15,17H,6-10H2,1H3. The summed E-state index contributed by atoms with van der Waals surface area (Å²) >= 11 is 5.98. The third-order valence-electron chi connectivity index (χ3n) is 4.45. The zero-order valence-electron chi connectivity index (χ0n) is 10.9. The van der Waals surface area contributed by atoms with Gasteiger partial charge in [0.1, 0.15) is 0 Å². The van der Waals surface area contributed by atoms with Gasteiger partial charge in [0.25, 0.3) is 0 Å². The number of hydrogen-bond acceptors (Lipinski definition) is 2. The molecule has 1 aromatic carbocycles. The van der Waals surface area contributed by atoms with E-state index in [0.29, 0.717) is 0 Å². The van der Waals surface area contributed by atoms with Crippen molar-refractivity contribution in [1.82, 2.24) is 5.32 Å². The molecule has 98 valence electrons. The summed E-state index contributed by atoms with van der Waals surface area (Å²) in [6.07, 6.45) is 5.38. The van der Waals surface area contributed by atoms with Crippen LogP contribution in [-0.4, -0.2) is 25.7 Å². The Morgan fingerprint density at radius 1 is 1.17 bits per heavy atom. The molecular weight excluding hydrogens is 244 g/mol. The fourth-order valence-electron chi connectivity index (χ4n) is 3.78. The average Bonchev–Trinajstić information content (AvgIpc) is 2.63. The van der Waals surface area contributed by atoms with Crippen LogP contribution in [0.1, 0.15) is 25.7 Å². The Bertz CT molecular complexity index is 389. The molecule has 3 rings (SSSR count). The second-order valence-electron chi connectivity index (χ2n) is 5.66. The summed E-state index contributed by atoms with van der Waals surface area (Å²) < 4.78 is 0. The SMILES string of the molecule is CNCC1CC2CCC(C1)N2c1ccc(Cl)cc1. The van der Waals surface area contributed by atoms with Crippen LogP contribution in [0.2, 0.25) is 5.02 Å². The molecule has 2 heterocycles. The van der Waals surface area contributed by atoms with Crippen LogP contribution < -0.4 is 10.2 Å². The van der Waals surface area contributed by atoms with Crippen LogP contribution in [0.15, 0.2) is 24.3 Å². The number of rotatable bonds is 3. The molecule has 2 aliphatic rings. The number of piperidine rings is 1. The van der Waals surface area contributed by atoms with Crippen molar-refractivity contribution in [2.45, 2.75) is 37.8 Å². The molecular formula is C15H21ClN2. The molecule has 2 bridgehead atoms. The van der Waals surface area contributed by atoms with Crippen LogP contribution in [0.3, 0.4) is 0 Å². The van der Waals surface area contributed by atoms with E-state index in [9.17, 15) is 0 Å². The van der Waals surface area contributed by atoms with E-state index in [1.54, 1.807) is 0 Å². The first kappa shape index (κ1) is 12.3. The molecule has 2 saturated heterocycles. The molecule has 2 unspecified atom stereocenters. The third-order valence-corrected chi connectivity index (χ3v) is 4.70. The topological polar surface area (TPSA) is 15.3 Å². The number of hydrogen-bond donors (Lipinski definition) is 1. The molecule has 0 amide bonds. The minimum absolute atomic E-state index is 0.739. The quantitative estimate of drug-likeness (QED) is 0.901. The van der Waals surface area contributed by atoms with Gasteiger partial charge in [0.15, 0.2) is 0 Å². The molecule has 2 fully saturated rings. The normalized spacial score (nSPS) is 30.8. The molecule has 1 aromatic rings. The number of nitrogens with zero attached hydrogens (tertiary/aromatic N) is 1. The van der Waals surface area contributed by atoms with Gasteiger partial charge in [0.2, 0.25) is 0 Å². The van der Waals surface area contributed by atoms with E-state index in [0.717, 1.165) is 23.0 Å². The molecule has 2 atom stereocenters. The van der Waals surface area contributed by atoms with Crippen molar-refractivity contribution in [3.05, 3.63) is 29.3 Å². The molecule has 0 radical (unpaired) electrons. The summed E-state index contributed by atoms with van der Waals surface area (Å²) in [4.78, 5) is 2.64. The van der Waals surface area contributed by atoms with Crippen molar-refractivity contribution in [3.63, 3.8) is 0 Å². The van der Waals surface area contributed by atoms with E-state index >= 15 is 0 Å². The highest BCUT2D eigenvalue weighted by molar-refractivity contribution is 6.30. The molecule has 0 aliphatic carbocycles. The van der Waals surface area contributed by atoms with Gasteiger partial charge in [-0.2, -0.15) is 0 Å². The molecule has 2 aliphatic heterocycles. The minimum Gasteiger partial charge on any atom is -0.366 e. The largest absolute Gasteiger partial charge is 0.366 e. The average molecular weight is 265 g/mol. The molecule has 2 nitrogen and oxygen atoms in total. The molecule has 0 aromatic heterocycles. The highest BCUT2D eigenvalue weighted by Gasteiger charge is 2.40. The minimum atomic E-state index is 0.739. The first-order valence-electron chi connectivity index (χ1n) is 6.96. The first-order valence-corrected chi connectivity index (χ1v) is 7.34. The van der Waals surface area contributed by atoms with Gasteiger partial charge in [-0.1, -0.05) is 11.6 Å². The van der Waals surface area contributed by atoms with Crippen LogP contribution in [-0.2, 0) is 0 Å². The Balaban J connectivity index is 1.77. The number of fused-ring (bicyclic) bond motifs is 2. The van der Waals surface area contributed by atoms with Crippen LogP contribution in [0.4, 0.5) is 5.69 Å². The monoisotopic (exact) mass is 264 g/mol.